The molecule has 2 aromatic carbocycles. The van der Waals surface area contributed by atoms with Crippen molar-refractivity contribution in [2.75, 3.05) is 7.11 Å². The van der Waals surface area contributed by atoms with Crippen LogP contribution >= 0.6 is 11.6 Å². The predicted octanol–water partition coefficient (Wildman–Crippen LogP) is 3.93. The van der Waals surface area contributed by atoms with Crippen molar-refractivity contribution in [2.45, 2.75) is 6.61 Å². The third-order valence-corrected chi connectivity index (χ3v) is 2.61. The Morgan fingerprint density at radius 1 is 1.00 bits per heavy atom. The second-order valence-corrected chi connectivity index (χ2v) is 4.03. The number of hydrogen-bond acceptors (Lipinski definition) is 2. The molecule has 0 amide bonds. The molecule has 17 heavy (non-hydrogen) atoms. The Hall–Kier alpha value is -1.67. The van der Waals surface area contributed by atoms with E-state index in [9.17, 15) is 0 Å². The highest BCUT2D eigenvalue weighted by molar-refractivity contribution is 6.30. The van der Waals surface area contributed by atoms with Gasteiger partial charge in [0.25, 0.3) is 0 Å². The monoisotopic (exact) mass is 248 g/mol. The highest BCUT2D eigenvalue weighted by Crippen LogP contribution is 2.18. The molecule has 0 spiro atoms. The molecule has 0 unspecified atom stereocenters. The van der Waals surface area contributed by atoms with Crippen molar-refractivity contribution in [1.29, 1.82) is 0 Å². The second kappa shape index (κ2) is 5.60. The molecule has 2 aromatic rings. The van der Waals surface area contributed by atoms with Gasteiger partial charge in [0.05, 0.1) is 7.11 Å². The lowest BCUT2D eigenvalue weighted by Gasteiger charge is -2.07. The third kappa shape index (κ3) is 3.40. The van der Waals surface area contributed by atoms with Gasteiger partial charge in [0.2, 0.25) is 0 Å². The minimum Gasteiger partial charge on any atom is -0.497 e. The van der Waals surface area contributed by atoms with Gasteiger partial charge in [-0.2, -0.15) is 0 Å². The van der Waals surface area contributed by atoms with Crippen LogP contribution in [-0.4, -0.2) is 7.11 Å². The summed E-state index contributed by atoms with van der Waals surface area (Å²) in [5.41, 5.74) is 1.07. The lowest BCUT2D eigenvalue weighted by molar-refractivity contribution is 0.305. The van der Waals surface area contributed by atoms with Gasteiger partial charge in [-0.1, -0.05) is 23.7 Å². The zero-order chi connectivity index (χ0) is 12.1. The first-order valence-corrected chi connectivity index (χ1v) is 5.67. The Kier molecular flexibility index (Phi) is 3.89. The van der Waals surface area contributed by atoms with Crippen LogP contribution in [0.25, 0.3) is 0 Å². The summed E-state index contributed by atoms with van der Waals surface area (Å²) in [6, 6.07) is 15.1. The average Bonchev–Trinajstić information content (AvgIpc) is 2.38. The van der Waals surface area contributed by atoms with Crippen LogP contribution in [0.1, 0.15) is 5.56 Å². The summed E-state index contributed by atoms with van der Waals surface area (Å²) in [7, 11) is 1.65. The largest absolute Gasteiger partial charge is 0.497 e. The molecule has 88 valence electrons. The molecule has 0 N–H and O–H groups in total. The lowest BCUT2D eigenvalue weighted by Crippen LogP contribution is -1.95. The van der Waals surface area contributed by atoms with Crippen molar-refractivity contribution >= 4 is 11.6 Å². The highest BCUT2D eigenvalue weighted by atomic mass is 35.5. The summed E-state index contributed by atoms with van der Waals surface area (Å²) >= 11 is 5.80. The summed E-state index contributed by atoms with van der Waals surface area (Å²) in [5, 5.41) is 0.707. The van der Waals surface area contributed by atoms with Gasteiger partial charge in [-0.15, -0.1) is 0 Å². The van der Waals surface area contributed by atoms with E-state index < -0.39 is 0 Å². The summed E-state index contributed by atoms with van der Waals surface area (Å²) in [4.78, 5) is 0. The smallest absolute Gasteiger partial charge is 0.119 e. The Morgan fingerprint density at radius 2 is 1.76 bits per heavy atom. The molecule has 0 radical (unpaired) electrons. The summed E-state index contributed by atoms with van der Waals surface area (Å²) in [6.45, 7) is 0.513. The molecule has 0 aliphatic heterocycles. The standard InChI is InChI=1S/C14H13ClO2/c1-16-14-4-2-3-11(9-14)10-17-13-7-5-12(15)6-8-13/h2-9H,10H2,1H3. The van der Waals surface area contributed by atoms with E-state index in [-0.39, 0.29) is 0 Å². The summed E-state index contributed by atoms with van der Waals surface area (Å²) in [5.74, 6) is 1.64. The minimum absolute atomic E-state index is 0.513. The van der Waals surface area contributed by atoms with Crippen LogP contribution in [0.4, 0.5) is 0 Å². The van der Waals surface area contributed by atoms with Crippen LogP contribution in [-0.2, 0) is 6.61 Å². The Bertz CT molecular complexity index is 480. The SMILES string of the molecule is COc1cccc(COc2ccc(Cl)cc2)c1. The maximum atomic E-state index is 5.80. The van der Waals surface area contributed by atoms with E-state index in [1.54, 1.807) is 7.11 Å². The third-order valence-electron chi connectivity index (χ3n) is 2.35. The first kappa shape index (κ1) is 11.8. The topological polar surface area (TPSA) is 18.5 Å². The molecule has 0 heterocycles. The van der Waals surface area contributed by atoms with E-state index in [4.69, 9.17) is 21.1 Å². The number of ether oxygens (including phenoxy) is 2. The maximum absolute atomic E-state index is 5.80. The minimum atomic E-state index is 0.513. The van der Waals surface area contributed by atoms with E-state index in [1.165, 1.54) is 0 Å². The van der Waals surface area contributed by atoms with E-state index >= 15 is 0 Å². The van der Waals surface area contributed by atoms with Gasteiger partial charge in [0.15, 0.2) is 0 Å². The van der Waals surface area contributed by atoms with E-state index in [0.29, 0.717) is 11.6 Å². The van der Waals surface area contributed by atoms with Gasteiger partial charge in [0.1, 0.15) is 18.1 Å². The zero-order valence-electron chi connectivity index (χ0n) is 9.52. The van der Waals surface area contributed by atoms with Gasteiger partial charge in [-0.25, -0.2) is 0 Å². The first-order valence-electron chi connectivity index (χ1n) is 5.29. The van der Waals surface area contributed by atoms with Gasteiger partial charge in [-0.05, 0) is 42.0 Å². The van der Waals surface area contributed by atoms with Gasteiger partial charge >= 0.3 is 0 Å². The maximum Gasteiger partial charge on any atom is 0.119 e. The average molecular weight is 249 g/mol. The molecule has 0 saturated heterocycles. The molecule has 0 aromatic heterocycles. The molecule has 2 nitrogen and oxygen atoms in total. The normalized spacial score (nSPS) is 10.0. The molecule has 2 rings (SSSR count). The molecule has 0 aliphatic carbocycles. The molecule has 0 aliphatic rings. The van der Waals surface area contributed by atoms with Crippen molar-refractivity contribution < 1.29 is 9.47 Å². The number of hydrogen-bond donors (Lipinski definition) is 0. The van der Waals surface area contributed by atoms with Crippen molar-refractivity contribution in [3.63, 3.8) is 0 Å². The fourth-order valence-electron chi connectivity index (χ4n) is 1.46. The van der Waals surface area contributed by atoms with Crippen LogP contribution < -0.4 is 9.47 Å². The van der Waals surface area contributed by atoms with Crippen LogP contribution in [0, 0.1) is 0 Å². The van der Waals surface area contributed by atoms with Gasteiger partial charge in [0, 0.05) is 5.02 Å². The van der Waals surface area contributed by atoms with Crippen LogP contribution in [0.15, 0.2) is 48.5 Å². The van der Waals surface area contributed by atoms with Crippen molar-refractivity contribution in [3.05, 3.63) is 59.1 Å². The van der Waals surface area contributed by atoms with Gasteiger partial charge < -0.3 is 9.47 Å². The molecule has 0 saturated carbocycles. The first-order chi connectivity index (χ1) is 8.28. The van der Waals surface area contributed by atoms with E-state index in [1.807, 2.05) is 48.5 Å². The fraction of sp³-hybridized carbons (Fsp3) is 0.143. The van der Waals surface area contributed by atoms with Crippen LogP contribution in [0.5, 0.6) is 11.5 Å². The highest BCUT2D eigenvalue weighted by Gasteiger charge is 1.98. The van der Waals surface area contributed by atoms with Gasteiger partial charge in [-0.3, -0.25) is 0 Å². The number of rotatable bonds is 4. The molecule has 0 bridgehead atoms. The van der Waals surface area contributed by atoms with Crippen LogP contribution in [0.2, 0.25) is 5.02 Å². The molecular weight excluding hydrogens is 236 g/mol. The quantitative estimate of drug-likeness (QED) is 0.816. The molecule has 0 atom stereocenters. The Balaban J connectivity index is 1.99. The van der Waals surface area contributed by atoms with E-state index in [2.05, 4.69) is 0 Å². The molecule has 3 heteroatoms. The zero-order valence-corrected chi connectivity index (χ0v) is 10.3. The Morgan fingerprint density at radius 3 is 2.47 bits per heavy atom. The van der Waals surface area contributed by atoms with E-state index in [0.717, 1.165) is 17.1 Å². The Labute approximate surface area is 106 Å². The second-order valence-electron chi connectivity index (χ2n) is 3.59. The number of methoxy groups -OCH3 is 1. The van der Waals surface area contributed by atoms with Crippen molar-refractivity contribution in [2.24, 2.45) is 0 Å². The fourth-order valence-corrected chi connectivity index (χ4v) is 1.59. The summed E-state index contributed by atoms with van der Waals surface area (Å²) < 4.78 is 10.8. The lowest BCUT2D eigenvalue weighted by atomic mass is 10.2. The summed E-state index contributed by atoms with van der Waals surface area (Å²) in [6.07, 6.45) is 0. The number of benzene rings is 2. The van der Waals surface area contributed by atoms with Crippen LogP contribution in [0.3, 0.4) is 0 Å². The number of halogens is 1. The van der Waals surface area contributed by atoms with Crippen molar-refractivity contribution in [3.8, 4) is 11.5 Å². The molecular formula is C14H13ClO2. The van der Waals surface area contributed by atoms with Crippen molar-refractivity contribution in [1.82, 2.24) is 0 Å². The predicted molar refractivity (Wildman–Crippen MR) is 68.8 cm³/mol. The molecule has 0 fully saturated rings.